The number of Topliss-reactive ketones (excluding diaryl/α,β-unsaturated/α-hetero) is 1. The molecule has 4 atom stereocenters. The topological polar surface area (TPSA) is 85.4 Å². The van der Waals surface area contributed by atoms with Gasteiger partial charge in [0.2, 0.25) is 18.6 Å². The highest BCUT2D eigenvalue weighted by Gasteiger charge is 2.64. The summed E-state index contributed by atoms with van der Waals surface area (Å²) in [6.45, 7) is 0.0959. The highest BCUT2D eigenvalue weighted by Crippen LogP contribution is 2.54. The fourth-order valence-electron chi connectivity index (χ4n) is 6.06. The first-order chi connectivity index (χ1) is 18.1. The Morgan fingerprint density at radius 1 is 0.919 bits per heavy atom. The molecule has 2 saturated heterocycles. The highest BCUT2D eigenvalue weighted by molar-refractivity contribution is 6.24. The van der Waals surface area contributed by atoms with Gasteiger partial charge in [-0.3, -0.25) is 14.4 Å². The van der Waals surface area contributed by atoms with Crippen LogP contribution in [0.4, 0.5) is 5.69 Å². The summed E-state index contributed by atoms with van der Waals surface area (Å²) in [4.78, 5) is 45.1. The van der Waals surface area contributed by atoms with Gasteiger partial charge in [0.1, 0.15) is 11.8 Å². The van der Waals surface area contributed by atoms with Crippen molar-refractivity contribution < 1.29 is 28.6 Å². The van der Waals surface area contributed by atoms with Crippen LogP contribution in [-0.4, -0.2) is 42.4 Å². The van der Waals surface area contributed by atoms with Crippen molar-refractivity contribution in [2.45, 2.75) is 12.1 Å². The first-order valence-electron chi connectivity index (χ1n) is 12.1. The van der Waals surface area contributed by atoms with Gasteiger partial charge in [0.25, 0.3) is 0 Å². The Bertz CT molecular complexity index is 1500. The molecule has 2 fully saturated rings. The fourth-order valence-corrected chi connectivity index (χ4v) is 6.06. The maximum Gasteiger partial charge on any atom is 0.240 e. The number of imide groups is 1. The van der Waals surface area contributed by atoms with Gasteiger partial charge < -0.3 is 19.1 Å². The van der Waals surface area contributed by atoms with Gasteiger partial charge in [-0.25, -0.2) is 4.90 Å². The summed E-state index contributed by atoms with van der Waals surface area (Å²) in [5, 5.41) is 0. The number of hydrogen-bond donors (Lipinski definition) is 0. The lowest BCUT2D eigenvalue weighted by molar-refractivity contribution is -0.123. The summed E-state index contributed by atoms with van der Waals surface area (Å²) in [5.41, 5.74) is 2.77. The van der Waals surface area contributed by atoms with Crippen LogP contribution in [0.5, 0.6) is 17.2 Å². The predicted molar refractivity (Wildman–Crippen MR) is 133 cm³/mol. The summed E-state index contributed by atoms with van der Waals surface area (Å²) in [5.74, 6) is -0.778. The second kappa shape index (κ2) is 7.96. The third kappa shape index (κ3) is 3.05. The van der Waals surface area contributed by atoms with E-state index in [1.165, 1.54) is 4.90 Å². The van der Waals surface area contributed by atoms with Gasteiger partial charge in [-0.1, -0.05) is 24.3 Å². The van der Waals surface area contributed by atoms with E-state index in [4.69, 9.17) is 14.2 Å². The van der Waals surface area contributed by atoms with E-state index in [0.29, 0.717) is 28.5 Å². The van der Waals surface area contributed by atoms with Gasteiger partial charge in [-0.15, -0.1) is 0 Å². The van der Waals surface area contributed by atoms with E-state index < -0.39 is 23.9 Å². The van der Waals surface area contributed by atoms with E-state index in [-0.39, 0.29) is 24.4 Å². The number of rotatable bonds is 4. The molecular weight excluding hydrogens is 472 g/mol. The zero-order valence-corrected chi connectivity index (χ0v) is 19.9. The van der Waals surface area contributed by atoms with Gasteiger partial charge in [0.05, 0.1) is 30.7 Å². The molecule has 0 saturated carbocycles. The zero-order valence-electron chi connectivity index (χ0n) is 19.9. The first kappa shape index (κ1) is 21.7. The van der Waals surface area contributed by atoms with Crippen LogP contribution in [0.25, 0.3) is 6.08 Å². The number of fused-ring (bicyclic) bond motifs is 6. The lowest BCUT2D eigenvalue weighted by atomic mass is 9.83. The second-order valence-corrected chi connectivity index (χ2v) is 9.48. The molecule has 8 nitrogen and oxygen atoms in total. The van der Waals surface area contributed by atoms with Crippen molar-refractivity contribution in [3.8, 4) is 17.2 Å². The number of amides is 2. The third-order valence-electron chi connectivity index (χ3n) is 7.72. The number of ether oxygens (including phenoxy) is 3. The first-order valence-corrected chi connectivity index (χ1v) is 12.1. The van der Waals surface area contributed by atoms with Crippen LogP contribution in [0, 0.1) is 11.8 Å². The van der Waals surface area contributed by atoms with E-state index in [1.54, 1.807) is 49.6 Å². The molecule has 8 heteroatoms. The van der Waals surface area contributed by atoms with Crippen molar-refractivity contribution in [3.05, 3.63) is 89.6 Å². The molecular formula is C29H22N2O6. The van der Waals surface area contributed by atoms with Crippen LogP contribution in [0.2, 0.25) is 0 Å². The van der Waals surface area contributed by atoms with Crippen molar-refractivity contribution >= 4 is 29.4 Å². The highest BCUT2D eigenvalue weighted by atomic mass is 16.7. The molecule has 0 spiro atoms. The number of carbonyl (C=O) groups is 3. The van der Waals surface area contributed by atoms with Crippen LogP contribution in [0.1, 0.15) is 27.5 Å². The van der Waals surface area contributed by atoms with Crippen LogP contribution in [0.3, 0.4) is 0 Å². The van der Waals surface area contributed by atoms with Crippen LogP contribution in [0.15, 0.2) is 72.9 Å². The minimum atomic E-state index is -0.848. The van der Waals surface area contributed by atoms with Crippen molar-refractivity contribution in [1.82, 2.24) is 4.90 Å². The Hall–Kier alpha value is -4.59. The largest absolute Gasteiger partial charge is 0.497 e. The normalized spacial score (nSPS) is 24.7. The molecule has 0 aliphatic carbocycles. The van der Waals surface area contributed by atoms with Crippen molar-refractivity contribution in [1.29, 1.82) is 0 Å². The predicted octanol–water partition coefficient (Wildman–Crippen LogP) is 3.82. The van der Waals surface area contributed by atoms with Crippen LogP contribution in [-0.2, 0) is 9.59 Å². The maximum atomic E-state index is 14.1. The average molecular weight is 495 g/mol. The molecule has 4 heterocycles. The standard InChI is InChI=1S/C29H22N2O6/c1-35-19-9-7-18(8-10-19)31-28(33)23-24(29(31)34)26(27(32)17-6-11-21-22(14-17)37-15-36-21)30-13-12-16-4-2-3-5-20(16)25(23)30/h2-14,23-26H,15H2,1H3/t23-,24+,25?,26-/m0/s1. The lowest BCUT2D eigenvalue weighted by Crippen LogP contribution is -2.44. The molecule has 0 bridgehead atoms. The van der Waals surface area contributed by atoms with E-state index in [9.17, 15) is 14.4 Å². The van der Waals surface area contributed by atoms with Crippen molar-refractivity contribution in [3.63, 3.8) is 0 Å². The Morgan fingerprint density at radius 2 is 1.68 bits per heavy atom. The van der Waals surface area contributed by atoms with E-state index in [0.717, 1.165) is 11.1 Å². The Kier molecular flexibility index (Phi) is 4.66. The lowest BCUT2D eigenvalue weighted by Gasteiger charge is -2.35. The number of anilines is 1. The molecule has 7 rings (SSSR count). The molecule has 0 aromatic heterocycles. The SMILES string of the molecule is COc1ccc(N2C(=O)[C@@H]3[C@H](C2=O)C2c4ccccc4C=CN2[C@@H]3C(=O)c2ccc3c(c2)OCO3)cc1. The summed E-state index contributed by atoms with van der Waals surface area (Å²) in [6, 6.07) is 18.4. The van der Waals surface area contributed by atoms with E-state index >= 15 is 0 Å². The molecule has 3 aromatic rings. The number of benzene rings is 3. The van der Waals surface area contributed by atoms with E-state index in [2.05, 4.69) is 0 Å². The summed E-state index contributed by atoms with van der Waals surface area (Å²) >= 11 is 0. The fraction of sp³-hybridized carbons (Fsp3) is 0.207. The zero-order chi connectivity index (χ0) is 25.3. The molecule has 37 heavy (non-hydrogen) atoms. The van der Waals surface area contributed by atoms with Gasteiger partial charge in [-0.2, -0.15) is 0 Å². The maximum absolute atomic E-state index is 14.1. The molecule has 2 amide bonds. The minimum absolute atomic E-state index is 0.0959. The van der Waals surface area contributed by atoms with Crippen molar-refractivity contribution in [2.24, 2.45) is 11.8 Å². The number of hydrogen-bond acceptors (Lipinski definition) is 7. The summed E-state index contributed by atoms with van der Waals surface area (Å²) in [6.07, 6.45) is 3.78. The van der Waals surface area contributed by atoms with Crippen LogP contribution >= 0.6 is 0 Å². The smallest absolute Gasteiger partial charge is 0.240 e. The van der Waals surface area contributed by atoms with Gasteiger partial charge >= 0.3 is 0 Å². The molecule has 0 radical (unpaired) electrons. The quantitative estimate of drug-likeness (QED) is 0.403. The minimum Gasteiger partial charge on any atom is -0.497 e. The molecule has 3 aromatic carbocycles. The second-order valence-electron chi connectivity index (χ2n) is 9.48. The summed E-state index contributed by atoms with van der Waals surface area (Å²) in [7, 11) is 1.56. The monoisotopic (exact) mass is 494 g/mol. The number of nitrogens with zero attached hydrogens (tertiary/aromatic N) is 2. The summed E-state index contributed by atoms with van der Waals surface area (Å²) < 4.78 is 16.1. The third-order valence-corrected chi connectivity index (χ3v) is 7.72. The van der Waals surface area contributed by atoms with Crippen molar-refractivity contribution in [2.75, 3.05) is 18.8 Å². The molecule has 184 valence electrons. The molecule has 4 aliphatic rings. The van der Waals surface area contributed by atoms with Gasteiger partial charge in [0, 0.05) is 11.8 Å². The number of methoxy groups -OCH3 is 1. The Balaban J connectivity index is 1.34. The van der Waals surface area contributed by atoms with Gasteiger partial charge in [-0.05, 0) is 59.7 Å². The number of ketones is 1. The Labute approximate surface area is 212 Å². The number of carbonyl (C=O) groups excluding carboxylic acids is 3. The molecule has 0 N–H and O–H groups in total. The Morgan fingerprint density at radius 3 is 2.49 bits per heavy atom. The van der Waals surface area contributed by atoms with Crippen LogP contribution < -0.4 is 19.1 Å². The molecule has 1 unspecified atom stereocenters. The average Bonchev–Trinajstić information content (AvgIpc) is 3.61. The van der Waals surface area contributed by atoms with E-state index in [1.807, 2.05) is 41.4 Å². The molecule has 4 aliphatic heterocycles. The van der Waals surface area contributed by atoms with Gasteiger partial charge in [0.15, 0.2) is 17.3 Å².